The Bertz CT molecular complexity index is 701. The number of rotatable bonds is 7. The lowest BCUT2D eigenvalue weighted by Crippen LogP contribution is -2.38. The molecule has 1 aromatic carbocycles. The summed E-state index contributed by atoms with van der Waals surface area (Å²) in [6, 6.07) is 9.94. The molecule has 6 heteroatoms. The maximum Gasteiger partial charge on any atom is 0.191 e. The third-order valence-corrected chi connectivity index (χ3v) is 3.91. The number of aryl methyl sites for hydroxylation is 1. The molecule has 0 unspecified atom stereocenters. The quantitative estimate of drug-likeness (QED) is 0.451. The van der Waals surface area contributed by atoms with Crippen molar-refractivity contribution < 1.29 is 4.74 Å². The lowest BCUT2D eigenvalue weighted by Gasteiger charge is -2.12. The molecule has 2 rings (SSSR count). The van der Waals surface area contributed by atoms with E-state index in [1.165, 1.54) is 5.56 Å². The number of guanidine groups is 1. The Hall–Kier alpha value is -2.27. The summed E-state index contributed by atoms with van der Waals surface area (Å²) in [5.74, 6) is 1.65. The molecule has 2 aromatic rings. The molecule has 0 aliphatic heterocycles. The number of hydrogen-bond donors (Lipinski definition) is 2. The van der Waals surface area contributed by atoms with Crippen molar-refractivity contribution in [3.63, 3.8) is 0 Å². The van der Waals surface area contributed by atoms with Gasteiger partial charge in [-0.15, -0.1) is 0 Å². The molecule has 0 spiro atoms. The van der Waals surface area contributed by atoms with Gasteiger partial charge >= 0.3 is 0 Å². The number of ether oxygens (including phenoxy) is 1. The normalized spacial score (nSPS) is 11.3. The first kappa shape index (κ1) is 19.1. The minimum absolute atomic E-state index is 0.513. The number of nitrogens with one attached hydrogen (secondary N) is 2. The van der Waals surface area contributed by atoms with E-state index in [1.807, 2.05) is 26.0 Å². The van der Waals surface area contributed by atoms with Gasteiger partial charge in [0.15, 0.2) is 5.96 Å². The van der Waals surface area contributed by atoms with E-state index in [0.29, 0.717) is 11.7 Å². The summed E-state index contributed by atoms with van der Waals surface area (Å²) >= 11 is 5.81. The molecule has 25 heavy (non-hydrogen) atoms. The fourth-order valence-electron chi connectivity index (χ4n) is 2.37. The van der Waals surface area contributed by atoms with E-state index >= 15 is 0 Å². The summed E-state index contributed by atoms with van der Waals surface area (Å²) in [5, 5.41) is 7.11. The largest absolute Gasteiger partial charge is 0.496 e. The average Bonchev–Trinajstić information content (AvgIpc) is 2.62. The van der Waals surface area contributed by atoms with Gasteiger partial charge in [0.25, 0.3) is 0 Å². The van der Waals surface area contributed by atoms with Gasteiger partial charge in [0.05, 0.1) is 13.7 Å². The third-order valence-electron chi connectivity index (χ3n) is 3.69. The SMILES string of the molecule is CCNC(=NCc1ccc(C)cc1OC)NCCc1ccc(Cl)nc1. The third kappa shape index (κ3) is 6.27. The molecule has 2 N–H and O–H groups in total. The predicted octanol–water partition coefficient (Wildman–Crippen LogP) is 3.35. The maximum absolute atomic E-state index is 5.81. The van der Waals surface area contributed by atoms with E-state index in [2.05, 4.69) is 32.7 Å². The number of benzene rings is 1. The van der Waals surface area contributed by atoms with Crippen molar-refractivity contribution in [2.24, 2.45) is 4.99 Å². The van der Waals surface area contributed by atoms with Crippen LogP contribution < -0.4 is 15.4 Å². The van der Waals surface area contributed by atoms with Crippen molar-refractivity contribution in [1.82, 2.24) is 15.6 Å². The zero-order chi connectivity index (χ0) is 18.1. The smallest absolute Gasteiger partial charge is 0.191 e. The highest BCUT2D eigenvalue weighted by molar-refractivity contribution is 6.29. The summed E-state index contributed by atoms with van der Waals surface area (Å²) in [5.41, 5.74) is 3.37. The number of aromatic nitrogens is 1. The van der Waals surface area contributed by atoms with Gasteiger partial charge in [0, 0.05) is 24.8 Å². The molecule has 5 nitrogen and oxygen atoms in total. The number of halogens is 1. The van der Waals surface area contributed by atoms with Crippen molar-refractivity contribution in [2.45, 2.75) is 26.8 Å². The highest BCUT2D eigenvalue weighted by Crippen LogP contribution is 2.20. The predicted molar refractivity (Wildman–Crippen MR) is 104 cm³/mol. The average molecular weight is 361 g/mol. The van der Waals surface area contributed by atoms with Crippen molar-refractivity contribution in [2.75, 3.05) is 20.2 Å². The molecule has 0 amide bonds. The second-order valence-electron chi connectivity index (χ2n) is 5.68. The molecule has 1 heterocycles. The van der Waals surface area contributed by atoms with Crippen LogP contribution in [0.2, 0.25) is 5.15 Å². The molecule has 0 bridgehead atoms. The highest BCUT2D eigenvalue weighted by atomic mass is 35.5. The zero-order valence-electron chi connectivity index (χ0n) is 15.0. The molecule has 0 aliphatic carbocycles. The van der Waals surface area contributed by atoms with Crippen LogP contribution in [0, 0.1) is 6.92 Å². The fourth-order valence-corrected chi connectivity index (χ4v) is 2.48. The molecule has 1 aromatic heterocycles. The second kappa shape index (κ2) is 9.89. The summed E-state index contributed by atoms with van der Waals surface area (Å²) in [6.07, 6.45) is 2.65. The van der Waals surface area contributed by atoms with Gasteiger partial charge < -0.3 is 15.4 Å². The summed E-state index contributed by atoms with van der Waals surface area (Å²) < 4.78 is 5.44. The van der Waals surface area contributed by atoms with Crippen LogP contribution in [0.1, 0.15) is 23.6 Å². The number of pyridine rings is 1. The van der Waals surface area contributed by atoms with Crippen LogP contribution in [0.15, 0.2) is 41.5 Å². The standard InChI is InChI=1S/C19H25ClN4O/c1-4-21-19(22-10-9-15-6-8-18(20)23-12-15)24-13-16-7-5-14(2)11-17(16)25-3/h5-8,11-12H,4,9-10,13H2,1-3H3,(H2,21,22,24). The Labute approximate surface area is 154 Å². The first-order chi connectivity index (χ1) is 12.1. The second-order valence-corrected chi connectivity index (χ2v) is 6.06. The Morgan fingerprint density at radius 3 is 2.76 bits per heavy atom. The first-order valence-corrected chi connectivity index (χ1v) is 8.76. The highest BCUT2D eigenvalue weighted by Gasteiger charge is 2.04. The monoisotopic (exact) mass is 360 g/mol. The molecular formula is C19H25ClN4O. The summed E-state index contributed by atoms with van der Waals surface area (Å²) in [6.45, 7) is 6.22. The van der Waals surface area contributed by atoms with E-state index in [0.717, 1.165) is 42.3 Å². The van der Waals surface area contributed by atoms with Gasteiger partial charge in [0.2, 0.25) is 0 Å². The van der Waals surface area contributed by atoms with Crippen molar-refractivity contribution in [1.29, 1.82) is 0 Å². The van der Waals surface area contributed by atoms with Gasteiger partial charge in [-0.1, -0.05) is 29.8 Å². The van der Waals surface area contributed by atoms with Crippen molar-refractivity contribution >= 4 is 17.6 Å². The lowest BCUT2D eigenvalue weighted by atomic mass is 10.1. The van der Waals surface area contributed by atoms with Crippen LogP contribution in [-0.4, -0.2) is 31.1 Å². The fraction of sp³-hybridized carbons (Fsp3) is 0.368. The zero-order valence-corrected chi connectivity index (χ0v) is 15.7. The Morgan fingerprint density at radius 2 is 2.08 bits per heavy atom. The molecule has 134 valence electrons. The molecule has 0 saturated heterocycles. The van der Waals surface area contributed by atoms with E-state index in [-0.39, 0.29) is 0 Å². The maximum atomic E-state index is 5.81. The van der Waals surface area contributed by atoms with Gasteiger partial charge in [-0.2, -0.15) is 0 Å². The Kier molecular flexibility index (Phi) is 7.54. The first-order valence-electron chi connectivity index (χ1n) is 8.38. The van der Waals surface area contributed by atoms with Gasteiger partial charge in [-0.05, 0) is 43.5 Å². The topological polar surface area (TPSA) is 58.5 Å². The molecule has 0 saturated carbocycles. The van der Waals surface area contributed by atoms with Crippen LogP contribution in [0.3, 0.4) is 0 Å². The number of hydrogen-bond acceptors (Lipinski definition) is 3. The molecule has 0 atom stereocenters. The number of aliphatic imine (C=N–C) groups is 1. The van der Waals surface area contributed by atoms with Crippen LogP contribution >= 0.6 is 11.6 Å². The van der Waals surface area contributed by atoms with E-state index < -0.39 is 0 Å². The van der Waals surface area contributed by atoms with Gasteiger partial charge in [-0.3, -0.25) is 0 Å². The van der Waals surface area contributed by atoms with Crippen LogP contribution in [0.25, 0.3) is 0 Å². The summed E-state index contributed by atoms with van der Waals surface area (Å²) in [4.78, 5) is 8.74. The van der Waals surface area contributed by atoms with Crippen molar-refractivity contribution in [3.05, 3.63) is 58.4 Å². The molecule has 0 aliphatic rings. The molecule has 0 radical (unpaired) electrons. The van der Waals surface area contributed by atoms with Gasteiger partial charge in [0.1, 0.15) is 10.9 Å². The van der Waals surface area contributed by atoms with E-state index in [4.69, 9.17) is 16.3 Å². The summed E-state index contributed by atoms with van der Waals surface area (Å²) in [7, 11) is 1.69. The minimum Gasteiger partial charge on any atom is -0.496 e. The van der Waals surface area contributed by atoms with E-state index in [1.54, 1.807) is 19.4 Å². The van der Waals surface area contributed by atoms with Crippen LogP contribution in [-0.2, 0) is 13.0 Å². The van der Waals surface area contributed by atoms with Crippen LogP contribution in [0.5, 0.6) is 5.75 Å². The van der Waals surface area contributed by atoms with Crippen molar-refractivity contribution in [3.8, 4) is 5.75 Å². The van der Waals surface area contributed by atoms with Crippen LogP contribution in [0.4, 0.5) is 0 Å². The molecule has 0 fully saturated rings. The lowest BCUT2D eigenvalue weighted by molar-refractivity contribution is 0.409. The number of nitrogens with zero attached hydrogens (tertiary/aromatic N) is 2. The molecular weight excluding hydrogens is 336 g/mol. The Morgan fingerprint density at radius 1 is 1.24 bits per heavy atom. The van der Waals surface area contributed by atoms with E-state index in [9.17, 15) is 0 Å². The van der Waals surface area contributed by atoms with Gasteiger partial charge in [-0.25, -0.2) is 9.98 Å². The number of methoxy groups -OCH3 is 1. The Balaban J connectivity index is 1.94. The minimum atomic E-state index is 0.513.